The molecule has 0 aromatic heterocycles. The van der Waals surface area contributed by atoms with Crippen LogP contribution < -0.4 is 20.8 Å². The van der Waals surface area contributed by atoms with Crippen molar-refractivity contribution in [3.8, 4) is 0 Å². The highest BCUT2D eigenvalue weighted by molar-refractivity contribution is 7.96. The molecule has 212 valence electrons. The summed E-state index contributed by atoms with van der Waals surface area (Å²) in [5, 5.41) is 8.33. The normalized spacial score (nSPS) is 11.5. The molecular weight excluding hydrogens is 553 g/mol. The molecule has 3 heteroatoms. The summed E-state index contributed by atoms with van der Waals surface area (Å²) in [6.07, 6.45) is 0.378. The van der Waals surface area contributed by atoms with Crippen molar-refractivity contribution in [2.45, 2.75) is 6.54 Å². The van der Waals surface area contributed by atoms with E-state index in [9.17, 15) is 0 Å². The molecule has 0 aliphatic rings. The van der Waals surface area contributed by atoms with Crippen LogP contribution >= 0.6 is 7.26 Å². The number of rotatable bonds is 8. The molecule has 0 saturated carbocycles. The van der Waals surface area contributed by atoms with E-state index < -0.39 is 7.26 Å². The molecular formula is C41H33NOP+. The van der Waals surface area contributed by atoms with Gasteiger partial charge < -0.3 is 4.90 Å². The van der Waals surface area contributed by atoms with Gasteiger partial charge in [0, 0.05) is 5.69 Å². The van der Waals surface area contributed by atoms with E-state index in [1.165, 1.54) is 43.0 Å². The Kier molecular flexibility index (Phi) is 7.76. The minimum atomic E-state index is -2.38. The Morgan fingerprint density at radius 3 is 1.32 bits per heavy atom. The summed E-state index contributed by atoms with van der Waals surface area (Å²) in [7, 11) is -2.38. The molecule has 0 radical (unpaired) electrons. The molecule has 7 rings (SSSR count). The average molecular weight is 587 g/mol. The zero-order valence-electron chi connectivity index (χ0n) is 24.5. The first-order chi connectivity index (χ1) is 21.7. The fraction of sp³-hybridized carbons (Fsp3) is 0.0488. The van der Waals surface area contributed by atoms with Crippen molar-refractivity contribution in [1.82, 2.24) is 0 Å². The molecule has 1 amide bonds. The van der Waals surface area contributed by atoms with Gasteiger partial charge in [-0.15, -0.1) is 0 Å². The summed E-state index contributed by atoms with van der Waals surface area (Å²) in [4.78, 5) is 17.1. The van der Waals surface area contributed by atoms with Crippen LogP contribution in [-0.4, -0.2) is 12.1 Å². The maximum Gasteiger partial charge on any atom is 0.266 e. The Morgan fingerprint density at radius 1 is 0.477 bits per heavy atom. The summed E-state index contributed by atoms with van der Waals surface area (Å²) in [6.45, 7) is 0.475. The minimum absolute atomic E-state index is 0.109. The topological polar surface area (TPSA) is 20.3 Å². The lowest BCUT2D eigenvalue weighted by Gasteiger charge is -2.31. The number of anilines is 1. The molecule has 7 aromatic rings. The number of para-hydroxylation sites is 1. The predicted molar refractivity (Wildman–Crippen MR) is 189 cm³/mol. The van der Waals surface area contributed by atoms with E-state index in [-0.39, 0.29) is 5.91 Å². The second-order valence-electron chi connectivity index (χ2n) is 11.1. The second kappa shape index (κ2) is 12.3. The first-order valence-electron chi connectivity index (χ1n) is 15.0. The molecule has 0 aliphatic heterocycles. The second-order valence-corrected chi connectivity index (χ2v) is 14.6. The van der Waals surface area contributed by atoms with Gasteiger partial charge in [0.1, 0.15) is 23.2 Å². The van der Waals surface area contributed by atoms with Gasteiger partial charge in [0.15, 0.2) is 6.16 Å². The Morgan fingerprint density at radius 2 is 0.864 bits per heavy atom. The van der Waals surface area contributed by atoms with E-state index in [2.05, 4.69) is 158 Å². The molecule has 0 unspecified atom stereocenters. The number of hydrogen-bond donors (Lipinski definition) is 0. The van der Waals surface area contributed by atoms with Crippen LogP contribution in [0, 0.1) is 0 Å². The zero-order chi connectivity index (χ0) is 29.8. The first kappa shape index (κ1) is 27.8. The van der Waals surface area contributed by atoms with Gasteiger partial charge in [-0.25, -0.2) is 0 Å². The molecule has 0 bridgehead atoms. The molecule has 0 saturated heterocycles. The van der Waals surface area contributed by atoms with E-state index >= 15 is 4.79 Å². The van der Waals surface area contributed by atoms with Gasteiger partial charge in [0.05, 0.1) is 6.54 Å². The third-order valence-electron chi connectivity index (χ3n) is 8.53. The van der Waals surface area contributed by atoms with Crippen LogP contribution in [0.3, 0.4) is 0 Å². The smallest absolute Gasteiger partial charge is 0.266 e. The van der Waals surface area contributed by atoms with Crippen molar-refractivity contribution in [2.75, 3.05) is 11.1 Å². The summed E-state index contributed by atoms with van der Waals surface area (Å²) >= 11 is 0. The van der Waals surface area contributed by atoms with Crippen LogP contribution in [0.5, 0.6) is 0 Å². The molecule has 0 atom stereocenters. The van der Waals surface area contributed by atoms with Crippen LogP contribution in [0.2, 0.25) is 0 Å². The summed E-state index contributed by atoms with van der Waals surface area (Å²) in [5.74, 6) is 0.109. The van der Waals surface area contributed by atoms with Crippen molar-refractivity contribution in [1.29, 1.82) is 0 Å². The zero-order valence-corrected chi connectivity index (χ0v) is 25.4. The molecule has 2 nitrogen and oxygen atoms in total. The van der Waals surface area contributed by atoms with Crippen molar-refractivity contribution in [3.05, 3.63) is 181 Å². The SMILES string of the molecule is O=C(C[P+](c1ccccc1)(c1ccccc1)c1ccccc1)N(Cc1c2ccccc2cc2ccccc12)c1ccccc1. The maximum atomic E-state index is 15.1. The third kappa shape index (κ3) is 5.19. The Balaban J connectivity index is 1.42. The Labute approximate surface area is 259 Å². The summed E-state index contributed by atoms with van der Waals surface area (Å²) < 4.78 is 0. The van der Waals surface area contributed by atoms with Crippen LogP contribution in [0.25, 0.3) is 21.5 Å². The minimum Gasteiger partial charge on any atom is -0.305 e. The van der Waals surface area contributed by atoms with Gasteiger partial charge in [0.2, 0.25) is 0 Å². The fourth-order valence-electron chi connectivity index (χ4n) is 6.42. The Bertz CT molecular complexity index is 1880. The van der Waals surface area contributed by atoms with Gasteiger partial charge in [-0.3, -0.25) is 4.79 Å². The monoisotopic (exact) mass is 586 g/mol. The van der Waals surface area contributed by atoms with Gasteiger partial charge in [-0.2, -0.15) is 0 Å². The number of carbonyl (C=O) groups excluding carboxylic acids is 1. The van der Waals surface area contributed by atoms with E-state index in [1.54, 1.807) is 0 Å². The van der Waals surface area contributed by atoms with E-state index in [4.69, 9.17) is 0 Å². The van der Waals surface area contributed by atoms with Crippen molar-refractivity contribution in [3.63, 3.8) is 0 Å². The average Bonchev–Trinajstić information content (AvgIpc) is 3.10. The standard InChI is InChI=1S/C41H33NOP/c43-41(31-44(35-21-7-2-8-22-35,36-23-9-3-10-24-36)37-25-11-4-12-26-37)42(34-19-5-1-6-20-34)30-40-38-27-15-13-17-32(38)29-33-18-14-16-28-39(33)40/h1-29H,30-31H2/q+1. The number of nitrogens with zero attached hydrogens (tertiary/aromatic N) is 1. The highest BCUT2D eigenvalue weighted by Gasteiger charge is 2.48. The summed E-state index contributed by atoms with van der Waals surface area (Å²) in [6, 6.07) is 61.4. The van der Waals surface area contributed by atoms with Crippen LogP contribution in [0.1, 0.15) is 5.56 Å². The van der Waals surface area contributed by atoms with Gasteiger partial charge >= 0.3 is 0 Å². The van der Waals surface area contributed by atoms with E-state index in [0.717, 1.165) is 5.69 Å². The first-order valence-corrected chi connectivity index (χ1v) is 17.0. The number of fused-ring (bicyclic) bond motifs is 2. The molecule has 0 aliphatic carbocycles. The van der Waals surface area contributed by atoms with Gasteiger partial charge in [0.25, 0.3) is 5.91 Å². The predicted octanol–water partition coefficient (Wildman–Crippen LogP) is 8.52. The molecule has 0 heterocycles. The maximum absolute atomic E-state index is 15.1. The fourth-order valence-corrected chi connectivity index (χ4v) is 10.5. The quantitative estimate of drug-likeness (QED) is 0.129. The van der Waals surface area contributed by atoms with E-state index in [0.29, 0.717) is 12.7 Å². The number of amides is 1. The molecule has 7 aromatic carbocycles. The van der Waals surface area contributed by atoms with Gasteiger partial charge in [-0.1, -0.05) is 121 Å². The Hall–Kier alpha value is -5.04. The lowest BCUT2D eigenvalue weighted by Crippen LogP contribution is -2.41. The van der Waals surface area contributed by atoms with Crippen molar-refractivity contribution in [2.24, 2.45) is 0 Å². The molecule has 0 spiro atoms. The number of carbonyl (C=O) groups is 1. The summed E-state index contributed by atoms with van der Waals surface area (Å²) in [5.41, 5.74) is 2.07. The molecule has 44 heavy (non-hydrogen) atoms. The molecule has 0 fully saturated rings. The van der Waals surface area contributed by atoms with Crippen LogP contribution in [0.4, 0.5) is 5.69 Å². The van der Waals surface area contributed by atoms with Gasteiger partial charge in [-0.05, 0) is 81.7 Å². The lowest BCUT2D eigenvalue weighted by atomic mass is 9.96. The highest BCUT2D eigenvalue weighted by atomic mass is 31.2. The lowest BCUT2D eigenvalue weighted by molar-refractivity contribution is -0.116. The number of hydrogen-bond acceptors (Lipinski definition) is 1. The van der Waals surface area contributed by atoms with Crippen molar-refractivity contribution >= 4 is 56.3 Å². The largest absolute Gasteiger partial charge is 0.305 e. The third-order valence-corrected chi connectivity index (χ3v) is 12.8. The molecule has 0 N–H and O–H groups in total. The van der Waals surface area contributed by atoms with Crippen LogP contribution in [-0.2, 0) is 11.3 Å². The number of benzene rings is 7. The van der Waals surface area contributed by atoms with Crippen LogP contribution in [0.15, 0.2) is 176 Å². The van der Waals surface area contributed by atoms with E-state index in [1.807, 2.05) is 23.1 Å². The van der Waals surface area contributed by atoms with Crippen molar-refractivity contribution < 1.29 is 4.79 Å². The highest BCUT2D eigenvalue weighted by Crippen LogP contribution is 2.55.